The quantitative estimate of drug-likeness (QED) is 0.396. The highest BCUT2D eigenvalue weighted by Crippen LogP contribution is 2.30. The van der Waals surface area contributed by atoms with Crippen molar-refractivity contribution in [3.8, 4) is 0 Å². The molecule has 2 heterocycles. The molecule has 0 radical (unpaired) electrons. The van der Waals surface area contributed by atoms with Crippen LogP contribution in [0.15, 0.2) is 79.3 Å². The molecule has 0 saturated carbocycles. The molecular weight excluding hydrogens is 417 g/mol. The smallest absolute Gasteiger partial charge is 0.361 e. The number of aromatic amines is 1. The van der Waals surface area contributed by atoms with Crippen LogP contribution in [-0.4, -0.2) is 27.4 Å². The van der Waals surface area contributed by atoms with E-state index in [0.29, 0.717) is 19.5 Å². The van der Waals surface area contributed by atoms with Crippen LogP contribution in [0.4, 0.5) is 23.7 Å². The number of benzene rings is 2. The number of para-hydroxylation sites is 1. The summed E-state index contributed by atoms with van der Waals surface area (Å²) in [6, 6.07) is 15.6. The molecule has 0 fully saturated rings. The monoisotopic (exact) mass is 438 g/mol. The summed E-state index contributed by atoms with van der Waals surface area (Å²) in [5.74, 6) is 0. The van der Waals surface area contributed by atoms with Crippen molar-refractivity contribution in [1.82, 2.24) is 14.9 Å². The fourth-order valence-corrected chi connectivity index (χ4v) is 3.53. The second kappa shape index (κ2) is 9.13. The Labute approximate surface area is 182 Å². The topological polar surface area (TPSA) is 61.0 Å². The van der Waals surface area contributed by atoms with Gasteiger partial charge in [-0.1, -0.05) is 24.3 Å². The summed E-state index contributed by atoms with van der Waals surface area (Å²) in [6.07, 6.45) is 1.30. The number of aromatic nitrogens is 2. The number of nitrogens with zero attached hydrogens (tertiary/aromatic N) is 2. The van der Waals surface area contributed by atoms with E-state index in [1.54, 1.807) is 29.4 Å². The van der Waals surface area contributed by atoms with Gasteiger partial charge in [0, 0.05) is 48.3 Å². The highest BCUT2D eigenvalue weighted by Gasteiger charge is 2.30. The zero-order valence-corrected chi connectivity index (χ0v) is 17.1. The van der Waals surface area contributed by atoms with Gasteiger partial charge in [0.1, 0.15) is 0 Å². The van der Waals surface area contributed by atoms with Crippen LogP contribution in [-0.2, 0) is 19.1 Å². The van der Waals surface area contributed by atoms with E-state index in [-0.39, 0.29) is 5.69 Å². The van der Waals surface area contributed by atoms with Gasteiger partial charge < -0.3 is 15.2 Å². The lowest BCUT2D eigenvalue weighted by Gasteiger charge is -2.23. The van der Waals surface area contributed by atoms with E-state index >= 15 is 0 Å². The number of nitrogens with one attached hydrogen (secondary N) is 2. The molecule has 2 N–H and O–H groups in total. The van der Waals surface area contributed by atoms with Crippen molar-refractivity contribution in [2.75, 3.05) is 11.9 Å². The number of urea groups is 1. The Morgan fingerprint density at radius 1 is 1.03 bits per heavy atom. The number of halogens is 3. The van der Waals surface area contributed by atoms with Crippen molar-refractivity contribution in [3.05, 3.63) is 95.9 Å². The van der Waals surface area contributed by atoms with Crippen LogP contribution in [0, 0.1) is 0 Å². The van der Waals surface area contributed by atoms with Gasteiger partial charge in [-0.05, 0) is 53.9 Å². The van der Waals surface area contributed by atoms with Crippen molar-refractivity contribution in [3.63, 3.8) is 0 Å². The van der Waals surface area contributed by atoms with Crippen LogP contribution >= 0.6 is 0 Å². The van der Waals surface area contributed by atoms with Crippen LogP contribution in [0.25, 0.3) is 10.9 Å². The number of fused-ring (bicyclic) bond motifs is 1. The first kappa shape index (κ1) is 21.4. The maximum absolute atomic E-state index is 13.0. The minimum atomic E-state index is -4.48. The van der Waals surface area contributed by atoms with E-state index in [4.69, 9.17) is 0 Å². The molecule has 0 spiro atoms. The van der Waals surface area contributed by atoms with Crippen LogP contribution in [0.2, 0.25) is 0 Å². The molecule has 5 nitrogen and oxygen atoms in total. The van der Waals surface area contributed by atoms with E-state index in [1.807, 2.05) is 30.5 Å². The lowest BCUT2D eigenvalue weighted by Crippen LogP contribution is -2.36. The number of carbonyl (C=O) groups excluding carboxylic acids is 1. The number of pyridine rings is 1. The second-order valence-corrected chi connectivity index (χ2v) is 7.40. The minimum absolute atomic E-state index is 0.0941. The summed E-state index contributed by atoms with van der Waals surface area (Å²) in [7, 11) is 0. The third-order valence-electron chi connectivity index (χ3n) is 5.18. The van der Waals surface area contributed by atoms with Gasteiger partial charge in [0.25, 0.3) is 0 Å². The molecule has 32 heavy (non-hydrogen) atoms. The van der Waals surface area contributed by atoms with Gasteiger partial charge in [0.2, 0.25) is 0 Å². The standard InChI is InChI=1S/C24H21F3N4O/c25-24(26,27)19-4-3-5-20(14-19)30-23(32)31(16-17-8-11-28-12-9-17)13-10-18-15-29-22-7-2-1-6-21(18)22/h1-9,11-12,14-15,29H,10,13,16H2,(H,30,32). The number of amides is 2. The summed E-state index contributed by atoms with van der Waals surface area (Å²) >= 11 is 0. The van der Waals surface area contributed by atoms with Crippen LogP contribution < -0.4 is 5.32 Å². The average Bonchev–Trinajstić information content (AvgIpc) is 3.20. The number of hydrogen-bond donors (Lipinski definition) is 2. The average molecular weight is 438 g/mol. The van der Waals surface area contributed by atoms with Crippen LogP contribution in [0.3, 0.4) is 0 Å². The Hall–Kier alpha value is -3.81. The van der Waals surface area contributed by atoms with Crippen molar-refractivity contribution in [2.45, 2.75) is 19.1 Å². The third-order valence-corrected chi connectivity index (χ3v) is 5.18. The number of hydrogen-bond acceptors (Lipinski definition) is 2. The van der Waals surface area contributed by atoms with Crippen molar-refractivity contribution in [2.24, 2.45) is 0 Å². The normalized spacial score (nSPS) is 11.5. The van der Waals surface area contributed by atoms with Crippen LogP contribution in [0.1, 0.15) is 16.7 Å². The minimum Gasteiger partial charge on any atom is -0.361 e. The lowest BCUT2D eigenvalue weighted by molar-refractivity contribution is -0.137. The molecule has 0 aliphatic heterocycles. The van der Waals surface area contributed by atoms with E-state index in [1.165, 1.54) is 12.1 Å². The molecule has 164 valence electrons. The van der Waals surface area contributed by atoms with Crippen molar-refractivity contribution in [1.29, 1.82) is 0 Å². The van der Waals surface area contributed by atoms with Gasteiger partial charge in [-0.25, -0.2) is 4.79 Å². The maximum atomic E-state index is 13.0. The van der Waals surface area contributed by atoms with Gasteiger partial charge in [-0.15, -0.1) is 0 Å². The molecule has 0 aliphatic rings. The van der Waals surface area contributed by atoms with E-state index in [0.717, 1.165) is 34.2 Å². The fourth-order valence-electron chi connectivity index (χ4n) is 3.53. The molecule has 4 rings (SSSR count). The molecule has 4 aromatic rings. The number of anilines is 1. The molecule has 0 saturated heterocycles. The summed E-state index contributed by atoms with van der Waals surface area (Å²) in [5, 5.41) is 3.68. The molecule has 0 bridgehead atoms. The molecule has 2 aromatic carbocycles. The summed E-state index contributed by atoms with van der Waals surface area (Å²) in [5.41, 5.74) is 2.23. The number of alkyl halides is 3. The third kappa shape index (κ3) is 5.08. The fraction of sp³-hybridized carbons (Fsp3) is 0.167. The molecule has 0 unspecified atom stereocenters. The summed E-state index contributed by atoms with van der Waals surface area (Å²) in [4.78, 5) is 21.8. The Morgan fingerprint density at radius 2 is 1.81 bits per heavy atom. The van der Waals surface area contributed by atoms with E-state index in [9.17, 15) is 18.0 Å². The van der Waals surface area contributed by atoms with Gasteiger partial charge >= 0.3 is 12.2 Å². The number of carbonyl (C=O) groups is 1. The SMILES string of the molecule is O=C(Nc1cccc(C(F)(F)F)c1)N(CCc1c[nH]c2ccccc12)Cc1ccncc1. The van der Waals surface area contributed by atoms with Crippen LogP contribution in [0.5, 0.6) is 0 Å². The van der Waals surface area contributed by atoms with Gasteiger partial charge in [0.05, 0.1) is 5.56 Å². The summed E-state index contributed by atoms with van der Waals surface area (Å²) in [6.45, 7) is 0.685. The maximum Gasteiger partial charge on any atom is 0.416 e. The van der Waals surface area contributed by atoms with Crippen molar-refractivity contribution < 1.29 is 18.0 Å². The summed E-state index contributed by atoms with van der Waals surface area (Å²) < 4.78 is 39.1. The first-order valence-electron chi connectivity index (χ1n) is 10.1. The van der Waals surface area contributed by atoms with E-state index < -0.39 is 17.8 Å². The molecule has 2 aromatic heterocycles. The molecule has 2 amide bonds. The highest BCUT2D eigenvalue weighted by atomic mass is 19.4. The number of rotatable bonds is 6. The number of H-pyrrole nitrogens is 1. The Kier molecular flexibility index (Phi) is 6.11. The van der Waals surface area contributed by atoms with Gasteiger partial charge in [-0.3, -0.25) is 4.98 Å². The Bertz CT molecular complexity index is 1200. The first-order chi connectivity index (χ1) is 15.4. The lowest BCUT2D eigenvalue weighted by atomic mass is 10.1. The Balaban J connectivity index is 1.53. The largest absolute Gasteiger partial charge is 0.416 e. The zero-order valence-electron chi connectivity index (χ0n) is 17.1. The molecule has 0 atom stereocenters. The zero-order chi connectivity index (χ0) is 22.6. The molecule has 0 aliphatic carbocycles. The van der Waals surface area contributed by atoms with Crippen molar-refractivity contribution >= 4 is 22.6 Å². The molecular formula is C24H21F3N4O. The predicted molar refractivity (Wildman–Crippen MR) is 117 cm³/mol. The van der Waals surface area contributed by atoms with Gasteiger partial charge in [0.15, 0.2) is 0 Å². The predicted octanol–water partition coefficient (Wildman–Crippen LogP) is 5.86. The first-order valence-corrected chi connectivity index (χ1v) is 10.1. The second-order valence-electron chi connectivity index (χ2n) is 7.40. The highest BCUT2D eigenvalue weighted by molar-refractivity contribution is 5.89. The van der Waals surface area contributed by atoms with E-state index in [2.05, 4.69) is 15.3 Å². The van der Waals surface area contributed by atoms with Gasteiger partial charge in [-0.2, -0.15) is 13.2 Å². The Morgan fingerprint density at radius 3 is 2.59 bits per heavy atom. The molecule has 8 heteroatoms.